The van der Waals surface area contributed by atoms with E-state index in [-0.39, 0.29) is 6.42 Å². The van der Waals surface area contributed by atoms with Crippen LogP contribution in [0, 0.1) is 0 Å². The molecule has 1 aromatic carbocycles. The van der Waals surface area contributed by atoms with Crippen LogP contribution in [0.4, 0.5) is 4.79 Å². The summed E-state index contributed by atoms with van der Waals surface area (Å²) in [6.07, 6.45) is -1.36. The maximum atomic E-state index is 11.1. The highest BCUT2D eigenvalue weighted by Crippen LogP contribution is 2.16. The van der Waals surface area contributed by atoms with Crippen molar-refractivity contribution in [2.45, 2.75) is 25.2 Å². The summed E-state index contributed by atoms with van der Waals surface area (Å²) >= 11 is 0. The number of nitrogens with one attached hydrogen (secondary N) is 1. The van der Waals surface area contributed by atoms with Gasteiger partial charge in [-0.3, -0.25) is 4.79 Å². The van der Waals surface area contributed by atoms with Crippen molar-refractivity contribution in [1.29, 1.82) is 0 Å². The molecular formula is C13H15NO5. The molecule has 6 nitrogen and oxygen atoms in total. The van der Waals surface area contributed by atoms with Crippen LogP contribution in [0.5, 0.6) is 0 Å². The maximum Gasteiger partial charge on any atom is 0.405 e. The number of esters is 1. The van der Waals surface area contributed by atoms with E-state index in [4.69, 9.17) is 14.6 Å². The third kappa shape index (κ3) is 3.96. The minimum atomic E-state index is -1.19. The molecular weight excluding hydrogens is 250 g/mol. The van der Waals surface area contributed by atoms with Crippen LogP contribution in [0.15, 0.2) is 30.3 Å². The van der Waals surface area contributed by atoms with Gasteiger partial charge in [0.2, 0.25) is 6.29 Å². The number of carbonyl (C=O) groups is 2. The molecule has 1 aliphatic heterocycles. The number of rotatable bonds is 5. The predicted octanol–water partition coefficient (Wildman–Crippen LogP) is 1.15. The van der Waals surface area contributed by atoms with Crippen molar-refractivity contribution >= 4 is 12.1 Å². The van der Waals surface area contributed by atoms with Crippen LogP contribution >= 0.6 is 0 Å². The van der Waals surface area contributed by atoms with Crippen LogP contribution in [0.3, 0.4) is 0 Å². The smallest absolute Gasteiger partial charge is 0.405 e. The molecule has 0 aliphatic carbocycles. The Balaban J connectivity index is 1.80. The first-order valence-electron chi connectivity index (χ1n) is 5.99. The van der Waals surface area contributed by atoms with E-state index in [1.807, 2.05) is 30.3 Å². The minimum absolute atomic E-state index is 0.00229. The lowest BCUT2D eigenvalue weighted by Gasteiger charge is -2.17. The summed E-state index contributed by atoms with van der Waals surface area (Å²) in [6, 6.07) is 9.09. The summed E-state index contributed by atoms with van der Waals surface area (Å²) in [5.74, 6) is -0.455. The SMILES string of the molecule is O=C(O)N[C@H]1CC(=O)O[C@H]1OCCc1ccccc1. The van der Waals surface area contributed by atoms with Gasteiger partial charge in [0.05, 0.1) is 13.0 Å². The average molecular weight is 265 g/mol. The van der Waals surface area contributed by atoms with Crippen LogP contribution in [0.2, 0.25) is 0 Å². The molecule has 6 heteroatoms. The predicted molar refractivity (Wildman–Crippen MR) is 65.5 cm³/mol. The van der Waals surface area contributed by atoms with Crippen LogP contribution in [0.1, 0.15) is 12.0 Å². The van der Waals surface area contributed by atoms with Gasteiger partial charge in [-0.15, -0.1) is 0 Å². The standard InChI is InChI=1S/C13H15NO5/c15-11-8-10(14-13(16)17)12(19-11)18-7-6-9-4-2-1-3-5-9/h1-5,10,12,14H,6-8H2,(H,16,17)/t10-,12+/m0/s1. The zero-order valence-electron chi connectivity index (χ0n) is 10.2. The van der Waals surface area contributed by atoms with Crippen molar-refractivity contribution in [2.75, 3.05) is 6.61 Å². The van der Waals surface area contributed by atoms with E-state index in [0.29, 0.717) is 13.0 Å². The fraction of sp³-hybridized carbons (Fsp3) is 0.385. The molecule has 1 heterocycles. The van der Waals surface area contributed by atoms with E-state index in [9.17, 15) is 9.59 Å². The van der Waals surface area contributed by atoms with E-state index in [1.54, 1.807) is 0 Å². The molecule has 1 saturated heterocycles. The summed E-state index contributed by atoms with van der Waals surface area (Å²) in [7, 11) is 0. The van der Waals surface area contributed by atoms with Gasteiger partial charge in [0.25, 0.3) is 0 Å². The lowest BCUT2D eigenvalue weighted by Crippen LogP contribution is -2.41. The highest BCUT2D eigenvalue weighted by Gasteiger charge is 2.36. The van der Waals surface area contributed by atoms with Gasteiger partial charge in [0.15, 0.2) is 0 Å². The Labute approximate surface area is 110 Å². The average Bonchev–Trinajstić information content (AvgIpc) is 2.70. The van der Waals surface area contributed by atoms with Gasteiger partial charge in [-0.2, -0.15) is 0 Å². The van der Waals surface area contributed by atoms with Crippen molar-refractivity contribution in [3.05, 3.63) is 35.9 Å². The van der Waals surface area contributed by atoms with Gasteiger partial charge in [0, 0.05) is 0 Å². The lowest BCUT2D eigenvalue weighted by molar-refractivity contribution is -0.164. The topological polar surface area (TPSA) is 84.9 Å². The molecule has 102 valence electrons. The number of benzene rings is 1. The quantitative estimate of drug-likeness (QED) is 0.780. The summed E-state index contributed by atoms with van der Waals surface area (Å²) in [5.41, 5.74) is 1.11. The van der Waals surface area contributed by atoms with E-state index < -0.39 is 24.4 Å². The second-order valence-electron chi connectivity index (χ2n) is 4.22. The van der Waals surface area contributed by atoms with E-state index >= 15 is 0 Å². The van der Waals surface area contributed by atoms with Crippen molar-refractivity contribution in [1.82, 2.24) is 5.32 Å². The summed E-state index contributed by atoms with van der Waals surface area (Å²) < 4.78 is 10.3. The van der Waals surface area contributed by atoms with E-state index in [0.717, 1.165) is 5.56 Å². The first-order chi connectivity index (χ1) is 9.15. The van der Waals surface area contributed by atoms with Crippen LogP contribution in [0.25, 0.3) is 0 Å². The number of carbonyl (C=O) groups excluding carboxylic acids is 1. The molecule has 0 radical (unpaired) electrons. The maximum absolute atomic E-state index is 11.1. The number of amides is 1. The van der Waals surface area contributed by atoms with Gasteiger partial charge >= 0.3 is 12.1 Å². The number of cyclic esters (lactones) is 1. The van der Waals surface area contributed by atoms with Gasteiger partial charge in [-0.05, 0) is 12.0 Å². The Kier molecular flexibility index (Phi) is 4.35. The van der Waals surface area contributed by atoms with Crippen molar-refractivity contribution in [3.8, 4) is 0 Å². The number of carboxylic acid groups (broad SMARTS) is 1. The Bertz CT molecular complexity index is 448. The lowest BCUT2D eigenvalue weighted by atomic mass is 10.2. The molecule has 19 heavy (non-hydrogen) atoms. The van der Waals surface area contributed by atoms with Gasteiger partial charge in [0.1, 0.15) is 6.04 Å². The third-order valence-electron chi connectivity index (χ3n) is 2.79. The molecule has 0 bridgehead atoms. The molecule has 0 aromatic heterocycles. The van der Waals surface area contributed by atoms with Crippen LogP contribution in [-0.2, 0) is 20.7 Å². The van der Waals surface area contributed by atoms with Crippen molar-refractivity contribution in [2.24, 2.45) is 0 Å². The molecule has 0 unspecified atom stereocenters. The Morgan fingerprint density at radius 1 is 1.42 bits per heavy atom. The largest absolute Gasteiger partial charge is 0.465 e. The fourth-order valence-corrected chi connectivity index (χ4v) is 1.90. The molecule has 2 rings (SSSR count). The molecule has 1 fully saturated rings. The summed E-state index contributed by atoms with van der Waals surface area (Å²) in [5, 5.41) is 10.9. The number of hydrogen-bond donors (Lipinski definition) is 2. The summed E-state index contributed by atoms with van der Waals surface area (Å²) in [6.45, 7) is 0.361. The Morgan fingerprint density at radius 2 is 2.16 bits per heavy atom. The molecule has 2 atom stereocenters. The summed E-state index contributed by atoms with van der Waals surface area (Å²) in [4.78, 5) is 21.7. The van der Waals surface area contributed by atoms with E-state index in [2.05, 4.69) is 5.32 Å². The molecule has 0 spiro atoms. The zero-order chi connectivity index (χ0) is 13.7. The fourth-order valence-electron chi connectivity index (χ4n) is 1.90. The minimum Gasteiger partial charge on any atom is -0.465 e. The molecule has 1 aromatic rings. The van der Waals surface area contributed by atoms with Crippen molar-refractivity contribution < 1.29 is 24.2 Å². The van der Waals surface area contributed by atoms with Crippen LogP contribution in [-0.4, -0.2) is 36.1 Å². The number of ether oxygens (including phenoxy) is 2. The van der Waals surface area contributed by atoms with Gasteiger partial charge in [-0.1, -0.05) is 30.3 Å². The first-order valence-corrected chi connectivity index (χ1v) is 5.99. The molecule has 1 amide bonds. The molecule has 2 N–H and O–H groups in total. The van der Waals surface area contributed by atoms with Gasteiger partial charge in [-0.25, -0.2) is 4.79 Å². The van der Waals surface area contributed by atoms with Crippen LogP contribution < -0.4 is 5.32 Å². The monoisotopic (exact) mass is 265 g/mol. The second kappa shape index (κ2) is 6.19. The molecule has 1 aliphatic rings. The number of hydrogen-bond acceptors (Lipinski definition) is 4. The zero-order valence-corrected chi connectivity index (χ0v) is 10.2. The third-order valence-corrected chi connectivity index (χ3v) is 2.79. The first kappa shape index (κ1) is 13.4. The molecule has 0 saturated carbocycles. The highest BCUT2D eigenvalue weighted by atomic mass is 16.7. The second-order valence-corrected chi connectivity index (χ2v) is 4.22. The Morgan fingerprint density at radius 3 is 2.84 bits per heavy atom. The highest BCUT2D eigenvalue weighted by molar-refractivity contribution is 5.74. The van der Waals surface area contributed by atoms with Crippen molar-refractivity contribution in [3.63, 3.8) is 0 Å². The normalized spacial score (nSPS) is 22.0. The Hall–Kier alpha value is -2.08. The van der Waals surface area contributed by atoms with E-state index in [1.165, 1.54) is 0 Å². The van der Waals surface area contributed by atoms with Gasteiger partial charge < -0.3 is 19.9 Å².